The summed E-state index contributed by atoms with van der Waals surface area (Å²) < 4.78 is 17.2. The van der Waals surface area contributed by atoms with Gasteiger partial charge < -0.3 is 19.5 Å². The molecule has 0 atom stereocenters. The van der Waals surface area contributed by atoms with Crippen molar-refractivity contribution in [2.24, 2.45) is 0 Å². The van der Waals surface area contributed by atoms with Gasteiger partial charge in [-0.05, 0) is 42.9 Å². The van der Waals surface area contributed by atoms with Gasteiger partial charge in [-0.15, -0.1) is 11.8 Å². The lowest BCUT2D eigenvalue weighted by atomic mass is 10.2. The largest absolute Gasteiger partial charge is 0.452 e. The molecule has 4 rings (SSSR count). The van der Waals surface area contributed by atoms with Crippen LogP contribution in [0, 0.1) is 0 Å². The minimum Gasteiger partial charge on any atom is -0.452 e. The van der Waals surface area contributed by atoms with Gasteiger partial charge in [0.1, 0.15) is 0 Å². The summed E-state index contributed by atoms with van der Waals surface area (Å²) in [7, 11) is 0. The second kappa shape index (κ2) is 8.37. The van der Waals surface area contributed by atoms with Crippen molar-refractivity contribution in [2.45, 2.75) is 43.3 Å². The van der Waals surface area contributed by atoms with E-state index in [4.69, 9.17) is 14.2 Å². The highest BCUT2D eigenvalue weighted by Gasteiger charge is 2.44. The Morgan fingerprint density at radius 3 is 2.66 bits per heavy atom. The Kier molecular flexibility index (Phi) is 5.67. The van der Waals surface area contributed by atoms with Crippen LogP contribution in [-0.4, -0.2) is 30.0 Å². The number of nitrogens with one attached hydrogen (secondary N) is 1. The summed E-state index contributed by atoms with van der Waals surface area (Å²) in [4.78, 5) is 25.4. The molecule has 29 heavy (non-hydrogen) atoms. The summed E-state index contributed by atoms with van der Waals surface area (Å²) in [5.41, 5.74) is 1.04. The first-order chi connectivity index (χ1) is 14.1. The van der Waals surface area contributed by atoms with Crippen molar-refractivity contribution in [2.75, 3.05) is 17.7 Å². The van der Waals surface area contributed by atoms with E-state index < -0.39 is 17.7 Å². The second-order valence-corrected chi connectivity index (χ2v) is 8.34. The summed E-state index contributed by atoms with van der Waals surface area (Å²) in [5.74, 6) is 0.716. The molecule has 1 heterocycles. The number of thioether (sulfide) groups is 1. The maximum atomic E-state index is 12.3. The number of anilines is 1. The molecule has 1 saturated carbocycles. The van der Waals surface area contributed by atoms with E-state index in [0.717, 1.165) is 36.3 Å². The topological polar surface area (TPSA) is 73.9 Å². The van der Waals surface area contributed by atoms with Gasteiger partial charge >= 0.3 is 5.97 Å². The van der Waals surface area contributed by atoms with Crippen LogP contribution in [0.1, 0.15) is 43.0 Å². The Morgan fingerprint density at radius 1 is 1.10 bits per heavy atom. The number of carbonyl (C=O) groups is 2. The monoisotopic (exact) mass is 413 g/mol. The quantitative estimate of drug-likeness (QED) is 0.550. The molecule has 1 spiro atoms. The maximum Gasteiger partial charge on any atom is 0.339 e. The fourth-order valence-electron chi connectivity index (χ4n) is 3.61. The first-order valence-corrected chi connectivity index (χ1v) is 10.8. The number of ether oxygens (including phenoxy) is 3. The lowest BCUT2D eigenvalue weighted by molar-refractivity contribution is -0.119. The molecule has 7 heteroatoms. The fourth-order valence-corrected chi connectivity index (χ4v) is 4.40. The number of esters is 1. The van der Waals surface area contributed by atoms with Gasteiger partial charge in [0.25, 0.3) is 11.7 Å². The minimum absolute atomic E-state index is 0.359. The molecule has 2 aromatic carbocycles. The Bertz CT molecular complexity index is 923. The second-order valence-electron chi connectivity index (χ2n) is 7.04. The van der Waals surface area contributed by atoms with E-state index in [0.29, 0.717) is 22.7 Å². The van der Waals surface area contributed by atoms with Gasteiger partial charge in [0.2, 0.25) is 0 Å². The van der Waals surface area contributed by atoms with E-state index in [2.05, 4.69) is 5.32 Å². The molecule has 0 radical (unpaired) electrons. The lowest BCUT2D eigenvalue weighted by Crippen LogP contribution is -2.34. The molecule has 1 fully saturated rings. The van der Waals surface area contributed by atoms with Crippen molar-refractivity contribution in [3.05, 3.63) is 48.0 Å². The molecular weight excluding hydrogens is 390 g/mol. The Labute approximate surface area is 173 Å². The summed E-state index contributed by atoms with van der Waals surface area (Å²) in [6.07, 6.45) is 3.92. The van der Waals surface area contributed by atoms with Crippen LogP contribution < -0.4 is 14.8 Å². The summed E-state index contributed by atoms with van der Waals surface area (Å²) >= 11 is 1.56. The lowest BCUT2D eigenvalue weighted by Gasteiger charge is -2.21. The molecule has 0 bridgehead atoms. The van der Waals surface area contributed by atoms with Gasteiger partial charge in [0.05, 0.1) is 5.56 Å². The number of amides is 1. The van der Waals surface area contributed by atoms with Gasteiger partial charge in [-0.1, -0.05) is 19.1 Å². The van der Waals surface area contributed by atoms with Crippen LogP contribution in [0.5, 0.6) is 11.5 Å². The molecule has 0 unspecified atom stereocenters. The van der Waals surface area contributed by atoms with Crippen molar-refractivity contribution in [3.8, 4) is 11.5 Å². The predicted octanol–water partition coefficient (Wildman–Crippen LogP) is 4.64. The van der Waals surface area contributed by atoms with Gasteiger partial charge in [-0.2, -0.15) is 0 Å². The normalized spacial score (nSPS) is 16.0. The number of carbonyl (C=O) groups excluding carboxylic acids is 2. The highest BCUT2D eigenvalue weighted by molar-refractivity contribution is 7.99. The molecule has 1 amide bonds. The van der Waals surface area contributed by atoms with Crippen molar-refractivity contribution >= 4 is 29.3 Å². The van der Waals surface area contributed by atoms with Gasteiger partial charge in [0, 0.05) is 29.5 Å². The Hall–Kier alpha value is -2.67. The van der Waals surface area contributed by atoms with Crippen LogP contribution in [0.4, 0.5) is 5.69 Å². The Balaban J connectivity index is 1.34. The van der Waals surface area contributed by atoms with E-state index in [1.54, 1.807) is 42.1 Å². The van der Waals surface area contributed by atoms with E-state index >= 15 is 0 Å². The SMILES string of the molecule is CCSc1ccccc1C(=O)OCC(=O)Nc1ccc2c(c1)OC1(CCCC1)O2. The van der Waals surface area contributed by atoms with Crippen LogP contribution in [0.2, 0.25) is 0 Å². The number of rotatable bonds is 6. The number of hydrogen-bond acceptors (Lipinski definition) is 6. The van der Waals surface area contributed by atoms with E-state index in [9.17, 15) is 9.59 Å². The molecule has 6 nitrogen and oxygen atoms in total. The van der Waals surface area contributed by atoms with Crippen molar-refractivity contribution < 1.29 is 23.8 Å². The number of benzene rings is 2. The van der Waals surface area contributed by atoms with Crippen LogP contribution >= 0.6 is 11.8 Å². The van der Waals surface area contributed by atoms with Gasteiger partial charge in [0.15, 0.2) is 18.1 Å². The van der Waals surface area contributed by atoms with Crippen LogP contribution in [0.15, 0.2) is 47.4 Å². The Morgan fingerprint density at radius 2 is 1.86 bits per heavy atom. The molecular formula is C22H23NO5S. The smallest absolute Gasteiger partial charge is 0.339 e. The maximum absolute atomic E-state index is 12.3. The van der Waals surface area contributed by atoms with Gasteiger partial charge in [-0.25, -0.2) is 4.79 Å². The summed E-state index contributed by atoms with van der Waals surface area (Å²) in [6.45, 7) is 1.66. The van der Waals surface area contributed by atoms with Gasteiger partial charge in [-0.3, -0.25) is 4.79 Å². The third-order valence-electron chi connectivity index (χ3n) is 4.93. The predicted molar refractivity (Wildman–Crippen MR) is 111 cm³/mol. The average Bonchev–Trinajstić information content (AvgIpc) is 3.32. The molecule has 2 aliphatic rings. The first kappa shape index (κ1) is 19.6. The molecule has 0 aromatic heterocycles. The summed E-state index contributed by atoms with van der Waals surface area (Å²) in [5, 5.41) is 2.74. The van der Waals surface area contributed by atoms with Crippen molar-refractivity contribution in [3.63, 3.8) is 0 Å². The minimum atomic E-state index is -0.537. The highest BCUT2D eigenvalue weighted by atomic mass is 32.2. The molecule has 1 aliphatic heterocycles. The third-order valence-corrected chi connectivity index (χ3v) is 5.88. The third kappa shape index (κ3) is 4.34. The zero-order valence-corrected chi connectivity index (χ0v) is 17.1. The fraction of sp³-hybridized carbons (Fsp3) is 0.364. The molecule has 1 N–H and O–H groups in total. The van der Waals surface area contributed by atoms with Crippen LogP contribution in [0.3, 0.4) is 0 Å². The zero-order chi connectivity index (χ0) is 20.3. The van der Waals surface area contributed by atoms with Crippen molar-refractivity contribution in [1.82, 2.24) is 0 Å². The first-order valence-electron chi connectivity index (χ1n) is 9.79. The van der Waals surface area contributed by atoms with Crippen LogP contribution in [-0.2, 0) is 9.53 Å². The zero-order valence-electron chi connectivity index (χ0n) is 16.2. The van der Waals surface area contributed by atoms with Crippen molar-refractivity contribution in [1.29, 1.82) is 0 Å². The molecule has 2 aromatic rings. The number of fused-ring (bicyclic) bond motifs is 1. The van der Waals surface area contributed by atoms with E-state index in [1.165, 1.54) is 0 Å². The molecule has 0 saturated heterocycles. The molecule has 152 valence electrons. The van der Waals surface area contributed by atoms with E-state index in [-0.39, 0.29) is 6.61 Å². The van der Waals surface area contributed by atoms with E-state index in [1.807, 2.05) is 19.1 Å². The number of hydrogen-bond donors (Lipinski definition) is 1. The summed E-state index contributed by atoms with van der Waals surface area (Å²) in [6, 6.07) is 12.5. The van der Waals surface area contributed by atoms with Crippen LogP contribution in [0.25, 0.3) is 0 Å². The highest BCUT2D eigenvalue weighted by Crippen LogP contribution is 2.47. The standard InChI is InChI=1S/C22H23NO5S/c1-2-29-19-8-4-3-7-16(19)21(25)26-14-20(24)23-15-9-10-17-18(13-15)28-22(27-17)11-5-6-12-22/h3-4,7-10,13H,2,5-6,11-12,14H2,1H3,(H,23,24). The molecule has 1 aliphatic carbocycles. The average molecular weight is 413 g/mol.